The summed E-state index contributed by atoms with van der Waals surface area (Å²) in [6, 6.07) is -0.0823. The van der Waals surface area contributed by atoms with Crippen LogP contribution in [-0.2, 0) is 4.74 Å². The average Bonchev–Trinajstić information content (AvgIpc) is 2.16. The number of nitrogens with zero attached hydrogens (tertiary/aromatic N) is 2. The van der Waals surface area contributed by atoms with Crippen LogP contribution in [0.25, 0.3) is 0 Å². The number of carbonyl (C=O) groups is 1. The third-order valence-electron chi connectivity index (χ3n) is 2.54. The molecule has 0 radical (unpaired) electrons. The molecule has 16 heavy (non-hydrogen) atoms. The molecule has 1 heterocycles. The van der Waals surface area contributed by atoms with Crippen molar-refractivity contribution in [3.8, 4) is 0 Å². The highest BCUT2D eigenvalue weighted by Crippen LogP contribution is 2.20. The first-order valence-electron chi connectivity index (χ1n) is 5.73. The minimum atomic E-state index is -0.492. The summed E-state index contributed by atoms with van der Waals surface area (Å²) in [5, 5.41) is 2.89. The fraction of sp³-hybridized carbons (Fsp3) is 0.909. The zero-order valence-corrected chi connectivity index (χ0v) is 10.2. The Morgan fingerprint density at radius 3 is 2.69 bits per heavy atom. The van der Waals surface area contributed by atoms with Crippen molar-refractivity contribution in [2.24, 2.45) is 5.18 Å². The van der Waals surface area contributed by atoms with Crippen molar-refractivity contribution in [1.82, 2.24) is 4.90 Å². The first-order valence-corrected chi connectivity index (χ1v) is 5.73. The van der Waals surface area contributed by atoms with Crippen molar-refractivity contribution in [3.05, 3.63) is 4.91 Å². The zero-order chi connectivity index (χ0) is 12.2. The Bertz CT molecular complexity index is 260. The summed E-state index contributed by atoms with van der Waals surface area (Å²) in [7, 11) is 0. The SMILES string of the molecule is CC(C)(C)OC(=O)N1CCCCC1CN=O. The summed E-state index contributed by atoms with van der Waals surface area (Å²) < 4.78 is 5.30. The van der Waals surface area contributed by atoms with Gasteiger partial charge < -0.3 is 9.64 Å². The largest absolute Gasteiger partial charge is 0.444 e. The quantitative estimate of drug-likeness (QED) is 0.682. The van der Waals surface area contributed by atoms with Crippen molar-refractivity contribution in [1.29, 1.82) is 0 Å². The van der Waals surface area contributed by atoms with Crippen LogP contribution in [-0.4, -0.2) is 35.7 Å². The highest BCUT2D eigenvalue weighted by molar-refractivity contribution is 5.68. The first-order chi connectivity index (χ1) is 7.44. The van der Waals surface area contributed by atoms with E-state index in [1.165, 1.54) is 0 Å². The van der Waals surface area contributed by atoms with Crippen LogP contribution < -0.4 is 0 Å². The Kier molecular flexibility index (Phi) is 4.26. The lowest BCUT2D eigenvalue weighted by atomic mass is 10.0. The van der Waals surface area contributed by atoms with E-state index in [0.29, 0.717) is 6.54 Å². The summed E-state index contributed by atoms with van der Waals surface area (Å²) in [6.07, 6.45) is 2.51. The molecule has 1 fully saturated rings. The first kappa shape index (κ1) is 12.9. The van der Waals surface area contributed by atoms with Gasteiger partial charge in [-0.05, 0) is 40.0 Å². The standard InChI is InChI=1S/C11H20N2O3/c1-11(2,3)16-10(14)13-7-5-4-6-9(13)8-12-15/h9H,4-8H2,1-3H3. The molecule has 5 heteroatoms. The van der Waals surface area contributed by atoms with Gasteiger partial charge in [0.05, 0.1) is 6.04 Å². The van der Waals surface area contributed by atoms with Crippen LogP contribution in [0.2, 0.25) is 0 Å². The Hall–Kier alpha value is -1.13. The Balaban J connectivity index is 2.60. The molecule has 1 saturated heterocycles. The molecule has 0 aromatic rings. The molecule has 0 saturated carbocycles. The number of carbonyl (C=O) groups excluding carboxylic acids is 1. The van der Waals surface area contributed by atoms with Gasteiger partial charge in [-0.2, -0.15) is 4.91 Å². The summed E-state index contributed by atoms with van der Waals surface area (Å²) in [5.41, 5.74) is -0.492. The third kappa shape index (κ3) is 3.79. The molecule has 1 unspecified atom stereocenters. The maximum atomic E-state index is 11.9. The topological polar surface area (TPSA) is 59.0 Å². The van der Waals surface area contributed by atoms with E-state index in [9.17, 15) is 9.70 Å². The van der Waals surface area contributed by atoms with Crippen LogP contribution in [0.5, 0.6) is 0 Å². The molecule has 1 aliphatic rings. The highest BCUT2D eigenvalue weighted by Gasteiger charge is 2.30. The number of likely N-dealkylation sites (tertiary alicyclic amines) is 1. The molecule has 0 spiro atoms. The summed E-state index contributed by atoms with van der Waals surface area (Å²) >= 11 is 0. The third-order valence-corrected chi connectivity index (χ3v) is 2.54. The molecule has 0 aliphatic carbocycles. The summed E-state index contributed by atoms with van der Waals surface area (Å²) in [6.45, 7) is 6.33. The van der Waals surface area contributed by atoms with Crippen molar-refractivity contribution in [3.63, 3.8) is 0 Å². The van der Waals surface area contributed by atoms with Gasteiger partial charge in [0.2, 0.25) is 0 Å². The molecule has 5 nitrogen and oxygen atoms in total. The lowest BCUT2D eigenvalue weighted by Gasteiger charge is -2.35. The number of amides is 1. The zero-order valence-electron chi connectivity index (χ0n) is 10.2. The van der Waals surface area contributed by atoms with Crippen LogP contribution in [0.15, 0.2) is 5.18 Å². The highest BCUT2D eigenvalue weighted by atomic mass is 16.6. The predicted molar refractivity (Wildman–Crippen MR) is 61.2 cm³/mol. The maximum Gasteiger partial charge on any atom is 0.410 e. The van der Waals surface area contributed by atoms with Gasteiger partial charge in [0.15, 0.2) is 0 Å². The van der Waals surface area contributed by atoms with Gasteiger partial charge in [-0.25, -0.2) is 4.79 Å². The number of hydrogen-bond donors (Lipinski definition) is 0. The summed E-state index contributed by atoms with van der Waals surface area (Å²) in [5.74, 6) is 0. The van der Waals surface area contributed by atoms with E-state index in [1.54, 1.807) is 4.90 Å². The van der Waals surface area contributed by atoms with Crippen LogP contribution >= 0.6 is 0 Å². The van der Waals surface area contributed by atoms with Crippen molar-refractivity contribution < 1.29 is 9.53 Å². The van der Waals surface area contributed by atoms with E-state index in [-0.39, 0.29) is 18.7 Å². The predicted octanol–water partition coefficient (Wildman–Crippen LogP) is 2.54. The summed E-state index contributed by atoms with van der Waals surface area (Å²) in [4.78, 5) is 23.8. The second-order valence-corrected chi connectivity index (χ2v) is 5.14. The Morgan fingerprint density at radius 1 is 1.44 bits per heavy atom. The lowest BCUT2D eigenvalue weighted by molar-refractivity contribution is 0.0109. The molecule has 1 aliphatic heterocycles. The Morgan fingerprint density at radius 2 is 2.12 bits per heavy atom. The minimum absolute atomic E-state index is 0.0823. The number of piperidine rings is 1. The molecule has 0 N–H and O–H groups in total. The van der Waals surface area contributed by atoms with Crippen LogP contribution in [0, 0.1) is 4.91 Å². The van der Waals surface area contributed by atoms with Gasteiger partial charge in [-0.3, -0.25) is 0 Å². The van der Waals surface area contributed by atoms with Crippen LogP contribution in [0.3, 0.4) is 0 Å². The normalized spacial score (nSPS) is 21.7. The molecule has 92 valence electrons. The fourth-order valence-corrected chi connectivity index (χ4v) is 1.84. The van der Waals surface area contributed by atoms with Crippen molar-refractivity contribution >= 4 is 6.09 Å². The second kappa shape index (κ2) is 5.27. The van der Waals surface area contributed by atoms with Gasteiger partial charge in [0.1, 0.15) is 12.1 Å². The average molecular weight is 228 g/mol. The van der Waals surface area contributed by atoms with Gasteiger partial charge >= 0.3 is 6.09 Å². The van der Waals surface area contributed by atoms with E-state index >= 15 is 0 Å². The molecule has 0 aromatic carbocycles. The Labute approximate surface area is 96.1 Å². The van der Waals surface area contributed by atoms with Gasteiger partial charge in [-0.1, -0.05) is 5.18 Å². The van der Waals surface area contributed by atoms with Crippen molar-refractivity contribution in [2.75, 3.05) is 13.1 Å². The van der Waals surface area contributed by atoms with Crippen LogP contribution in [0.1, 0.15) is 40.0 Å². The van der Waals surface area contributed by atoms with E-state index in [1.807, 2.05) is 20.8 Å². The molecular weight excluding hydrogens is 208 g/mol. The molecule has 0 bridgehead atoms. The van der Waals surface area contributed by atoms with E-state index in [0.717, 1.165) is 19.3 Å². The number of ether oxygens (including phenoxy) is 1. The van der Waals surface area contributed by atoms with Crippen molar-refractivity contribution in [2.45, 2.75) is 51.7 Å². The number of rotatable bonds is 2. The van der Waals surface area contributed by atoms with Gasteiger partial charge in [0.25, 0.3) is 0 Å². The number of hydrogen-bond acceptors (Lipinski definition) is 4. The van der Waals surface area contributed by atoms with E-state index in [4.69, 9.17) is 4.74 Å². The fourth-order valence-electron chi connectivity index (χ4n) is 1.84. The molecular formula is C11H20N2O3. The monoisotopic (exact) mass is 228 g/mol. The molecule has 1 rings (SSSR count). The van der Waals surface area contributed by atoms with Crippen LogP contribution in [0.4, 0.5) is 4.79 Å². The second-order valence-electron chi connectivity index (χ2n) is 5.14. The lowest BCUT2D eigenvalue weighted by Crippen LogP contribution is -2.47. The van der Waals surface area contributed by atoms with E-state index < -0.39 is 5.60 Å². The smallest absolute Gasteiger partial charge is 0.410 e. The minimum Gasteiger partial charge on any atom is -0.444 e. The molecule has 1 amide bonds. The van der Waals surface area contributed by atoms with E-state index in [2.05, 4.69) is 5.18 Å². The van der Waals surface area contributed by atoms with Gasteiger partial charge in [-0.15, -0.1) is 0 Å². The maximum absolute atomic E-state index is 11.9. The number of nitroso groups, excluding NO2 is 1. The molecule has 1 atom stereocenters. The van der Waals surface area contributed by atoms with Gasteiger partial charge in [0, 0.05) is 6.54 Å². The molecule has 0 aromatic heterocycles.